The number of rotatable bonds is 2. The minimum atomic E-state index is -3.69. The lowest BCUT2D eigenvalue weighted by molar-refractivity contribution is -0.294. The largest absolute Gasteiger partial charge is 0.437 e. The molecule has 0 aromatic heterocycles. The van der Waals surface area contributed by atoms with Crippen molar-refractivity contribution in [2.45, 2.75) is 45.9 Å². The van der Waals surface area contributed by atoms with Crippen LogP contribution in [0.5, 0.6) is 0 Å². The third kappa shape index (κ3) is 2.19. The van der Waals surface area contributed by atoms with E-state index in [1.54, 1.807) is 0 Å². The van der Waals surface area contributed by atoms with Crippen LogP contribution in [0.1, 0.15) is 27.7 Å². The Bertz CT molecular complexity index is 279. The molecule has 0 spiro atoms. The average molecular weight is 235 g/mol. The van der Waals surface area contributed by atoms with Gasteiger partial charge in [-0.2, -0.15) is 8.78 Å². The van der Waals surface area contributed by atoms with Crippen LogP contribution in [0.2, 0.25) is 0 Å². The van der Waals surface area contributed by atoms with E-state index in [1.165, 1.54) is 7.05 Å². The molecule has 16 heavy (non-hydrogen) atoms. The normalized spacial score (nSPS) is 30.3. The number of likely N-dealkylation sites (N-methyl/N-ethyl adjacent to an activating group) is 1. The van der Waals surface area contributed by atoms with E-state index in [0.717, 1.165) is 4.90 Å². The topological polar surface area (TPSA) is 29.5 Å². The highest BCUT2D eigenvalue weighted by molar-refractivity contribution is 5.82. The first-order chi connectivity index (χ1) is 7.18. The fourth-order valence-electron chi connectivity index (χ4n) is 2.21. The average Bonchev–Trinajstić information content (AvgIpc) is 2.12. The molecule has 0 radical (unpaired) electrons. The number of amides is 1. The summed E-state index contributed by atoms with van der Waals surface area (Å²) in [4.78, 5) is 12.5. The Kier molecular flexibility index (Phi) is 3.57. The summed E-state index contributed by atoms with van der Waals surface area (Å²) in [5.41, 5.74) is 0. The molecule has 0 saturated carbocycles. The van der Waals surface area contributed by atoms with Gasteiger partial charge in [-0.05, 0) is 11.8 Å². The van der Waals surface area contributed by atoms with Gasteiger partial charge in [0.2, 0.25) is 0 Å². The second-order valence-corrected chi connectivity index (χ2v) is 4.99. The van der Waals surface area contributed by atoms with E-state index in [4.69, 9.17) is 0 Å². The molecule has 1 heterocycles. The summed E-state index contributed by atoms with van der Waals surface area (Å²) in [5, 5.41) is 0. The van der Waals surface area contributed by atoms with Crippen LogP contribution in [0, 0.1) is 11.8 Å². The lowest BCUT2D eigenvalue weighted by Gasteiger charge is -2.45. The highest BCUT2D eigenvalue weighted by atomic mass is 19.3. The summed E-state index contributed by atoms with van der Waals surface area (Å²) in [7, 11) is 1.42. The monoisotopic (exact) mass is 235 g/mol. The van der Waals surface area contributed by atoms with Crippen molar-refractivity contribution in [2.24, 2.45) is 11.8 Å². The Morgan fingerprint density at radius 3 is 2.12 bits per heavy atom. The van der Waals surface area contributed by atoms with Crippen molar-refractivity contribution in [3.05, 3.63) is 0 Å². The van der Waals surface area contributed by atoms with Crippen LogP contribution in [0.3, 0.4) is 0 Å². The Morgan fingerprint density at radius 1 is 1.25 bits per heavy atom. The molecule has 3 nitrogen and oxygen atoms in total. The quantitative estimate of drug-likeness (QED) is 0.733. The molecule has 5 heteroatoms. The summed E-state index contributed by atoms with van der Waals surface area (Å²) >= 11 is 0. The molecule has 1 saturated heterocycles. The van der Waals surface area contributed by atoms with Gasteiger partial charge in [0.25, 0.3) is 0 Å². The van der Waals surface area contributed by atoms with Crippen LogP contribution < -0.4 is 0 Å². The third-order valence-corrected chi connectivity index (χ3v) is 2.98. The summed E-state index contributed by atoms with van der Waals surface area (Å²) in [5.74, 6) is -1.23. The fourth-order valence-corrected chi connectivity index (χ4v) is 2.21. The molecule has 1 aliphatic heterocycles. The maximum atomic E-state index is 13.3. The van der Waals surface area contributed by atoms with Crippen molar-refractivity contribution >= 4 is 5.91 Å². The number of halogens is 2. The number of ether oxygens (including phenoxy) is 1. The van der Waals surface area contributed by atoms with Crippen molar-refractivity contribution in [3.8, 4) is 0 Å². The van der Waals surface area contributed by atoms with Gasteiger partial charge in [0.15, 0.2) is 0 Å². The van der Waals surface area contributed by atoms with Gasteiger partial charge in [0.1, 0.15) is 0 Å². The molecule has 1 rings (SSSR count). The minimum absolute atomic E-state index is 0.0613. The standard InChI is InChI=1S/C11H19F2NO2/c1-6(2)8-9(7(3)4)16-11(12,13)10(15)14(8)5/h6-9H,1-5H3. The Labute approximate surface area is 94.7 Å². The molecule has 1 amide bonds. The second kappa shape index (κ2) is 4.28. The number of alkyl halides is 2. The number of hydrogen-bond acceptors (Lipinski definition) is 2. The smallest absolute Gasteiger partial charge is 0.332 e. The van der Waals surface area contributed by atoms with Crippen LogP contribution >= 0.6 is 0 Å². The van der Waals surface area contributed by atoms with Gasteiger partial charge in [-0.25, -0.2) is 0 Å². The van der Waals surface area contributed by atoms with Gasteiger partial charge in [-0.1, -0.05) is 27.7 Å². The van der Waals surface area contributed by atoms with Crippen molar-refractivity contribution < 1.29 is 18.3 Å². The molecule has 1 aliphatic rings. The number of carbonyl (C=O) groups excluding carboxylic acids is 1. The molecule has 1 fully saturated rings. The van der Waals surface area contributed by atoms with E-state index in [9.17, 15) is 13.6 Å². The predicted molar refractivity (Wildman–Crippen MR) is 56.1 cm³/mol. The molecule has 94 valence electrons. The number of carbonyl (C=O) groups is 1. The molecule has 2 unspecified atom stereocenters. The van der Waals surface area contributed by atoms with E-state index in [1.807, 2.05) is 27.7 Å². The predicted octanol–water partition coefficient (Wildman–Crippen LogP) is 2.12. The zero-order valence-corrected chi connectivity index (χ0v) is 10.3. The van der Waals surface area contributed by atoms with Crippen LogP contribution in [0.25, 0.3) is 0 Å². The summed E-state index contributed by atoms with van der Waals surface area (Å²) in [6.07, 6.45) is -4.31. The van der Waals surface area contributed by atoms with E-state index in [0.29, 0.717) is 0 Å². The highest BCUT2D eigenvalue weighted by Crippen LogP contribution is 2.35. The summed E-state index contributed by atoms with van der Waals surface area (Å²) in [6.45, 7) is 7.44. The highest BCUT2D eigenvalue weighted by Gasteiger charge is 2.54. The van der Waals surface area contributed by atoms with Crippen LogP contribution in [-0.2, 0) is 9.53 Å². The molecule has 2 atom stereocenters. The van der Waals surface area contributed by atoms with Gasteiger partial charge in [0.05, 0.1) is 12.1 Å². The zero-order chi connectivity index (χ0) is 12.7. The first kappa shape index (κ1) is 13.4. The van der Waals surface area contributed by atoms with Gasteiger partial charge in [-0.3, -0.25) is 4.79 Å². The molecule has 0 bridgehead atoms. The van der Waals surface area contributed by atoms with Gasteiger partial charge in [0, 0.05) is 7.05 Å². The molecule has 0 aromatic carbocycles. The van der Waals surface area contributed by atoms with Crippen LogP contribution in [0.15, 0.2) is 0 Å². The summed E-state index contributed by atoms with van der Waals surface area (Å²) < 4.78 is 31.2. The molecule has 0 N–H and O–H groups in total. The molecule has 0 aliphatic carbocycles. The summed E-state index contributed by atoms with van der Waals surface area (Å²) in [6, 6.07) is -0.299. The molecular weight excluding hydrogens is 216 g/mol. The lowest BCUT2D eigenvalue weighted by Crippen LogP contribution is -2.62. The van der Waals surface area contributed by atoms with Gasteiger partial charge < -0.3 is 9.64 Å². The SMILES string of the molecule is CC(C)C1OC(F)(F)C(=O)N(C)C1C(C)C. The van der Waals surface area contributed by atoms with Crippen molar-refractivity contribution in [1.82, 2.24) is 4.90 Å². The number of nitrogens with zero attached hydrogens (tertiary/aromatic N) is 1. The van der Waals surface area contributed by atoms with Crippen molar-refractivity contribution in [1.29, 1.82) is 0 Å². The van der Waals surface area contributed by atoms with Crippen molar-refractivity contribution in [3.63, 3.8) is 0 Å². The molecular formula is C11H19F2NO2. The maximum Gasteiger partial charge on any atom is 0.437 e. The first-order valence-electron chi connectivity index (χ1n) is 5.51. The van der Waals surface area contributed by atoms with E-state index in [-0.39, 0.29) is 17.9 Å². The second-order valence-electron chi connectivity index (χ2n) is 4.99. The van der Waals surface area contributed by atoms with E-state index in [2.05, 4.69) is 4.74 Å². The lowest BCUT2D eigenvalue weighted by atomic mass is 9.88. The van der Waals surface area contributed by atoms with E-state index < -0.39 is 18.1 Å². The van der Waals surface area contributed by atoms with E-state index >= 15 is 0 Å². The maximum absolute atomic E-state index is 13.3. The zero-order valence-electron chi connectivity index (χ0n) is 10.3. The molecule has 0 aromatic rings. The van der Waals surface area contributed by atoms with Gasteiger partial charge >= 0.3 is 12.0 Å². The van der Waals surface area contributed by atoms with Crippen molar-refractivity contribution in [2.75, 3.05) is 7.05 Å². The Balaban J connectivity index is 3.03. The third-order valence-electron chi connectivity index (χ3n) is 2.98. The Hall–Kier alpha value is -0.710. The van der Waals surface area contributed by atoms with Crippen LogP contribution in [-0.4, -0.2) is 36.1 Å². The number of hydrogen-bond donors (Lipinski definition) is 0. The van der Waals surface area contributed by atoms with Gasteiger partial charge in [-0.15, -0.1) is 0 Å². The Morgan fingerprint density at radius 2 is 1.75 bits per heavy atom. The number of morpholine rings is 1. The minimum Gasteiger partial charge on any atom is -0.332 e. The first-order valence-corrected chi connectivity index (χ1v) is 5.51. The van der Waals surface area contributed by atoms with Crippen LogP contribution in [0.4, 0.5) is 8.78 Å². The fraction of sp³-hybridized carbons (Fsp3) is 0.909.